The zero-order chi connectivity index (χ0) is 27.5. The predicted molar refractivity (Wildman–Crippen MR) is 141 cm³/mol. The van der Waals surface area contributed by atoms with E-state index in [0.717, 1.165) is 42.0 Å². The second kappa shape index (κ2) is 11.4. The number of para-hydroxylation sites is 2. The molecule has 2 N–H and O–H groups in total. The number of carboxylic acid groups (broad SMARTS) is 1. The van der Waals surface area contributed by atoms with E-state index in [1.165, 1.54) is 12.8 Å². The summed E-state index contributed by atoms with van der Waals surface area (Å²) in [5, 5.41) is 30.9. The number of phenols is 2. The van der Waals surface area contributed by atoms with Crippen LogP contribution in [0.25, 0.3) is 0 Å². The van der Waals surface area contributed by atoms with Crippen LogP contribution in [0.1, 0.15) is 96.4 Å². The normalized spacial score (nSPS) is 21.9. The molecule has 6 nitrogen and oxygen atoms in total. The summed E-state index contributed by atoms with van der Waals surface area (Å²) < 4.78 is 4.85. The SMILES string of the molecule is CC(=O)[O-].CC(C)(C)c1cccc(C=[N+]2[Mn][N+](=Cc3cccc(C(C)(C)C)c3O)[C@@H]3CCCC[C@H]32)c1O. The molecule has 1 saturated carbocycles. The Morgan fingerprint density at radius 1 is 0.838 bits per heavy atom. The van der Waals surface area contributed by atoms with Crippen LogP contribution in [0.2, 0.25) is 0 Å². The van der Waals surface area contributed by atoms with Crippen molar-refractivity contribution in [1.82, 2.24) is 0 Å². The van der Waals surface area contributed by atoms with E-state index in [-0.39, 0.29) is 10.8 Å². The van der Waals surface area contributed by atoms with Gasteiger partial charge in [0.25, 0.3) is 0 Å². The second-order valence-corrected chi connectivity index (χ2v) is 13.4. The summed E-state index contributed by atoms with van der Waals surface area (Å²) in [6.07, 6.45) is 9.12. The van der Waals surface area contributed by atoms with Crippen LogP contribution in [0, 0.1) is 0 Å². The standard InChI is InChI=1S/C28H38N2O2.C2H4O2.Mn/c1-27(2,3)21-13-9-11-19(25(21)31)17-29-23-15-7-8-16-24(23)30-18-20-12-10-14-22(26(20)32)28(4,5)6;1-2(3)4;/h9-14,17-18,23-24,31-32H,7-8,15-16H2,1-6H3;1H3,(H,3,4);/q;;+2/p-1/t23-,24-;;/m1../s1. The molecule has 2 fully saturated rings. The molecule has 0 unspecified atom stereocenters. The van der Waals surface area contributed by atoms with Gasteiger partial charge in [-0.1, -0.05) is 0 Å². The predicted octanol–water partition coefficient (Wildman–Crippen LogP) is 4.25. The van der Waals surface area contributed by atoms with Crippen LogP contribution in [-0.4, -0.2) is 47.9 Å². The summed E-state index contributed by atoms with van der Waals surface area (Å²) in [5.41, 5.74) is 3.52. The molecule has 4 rings (SSSR count). The number of phenolic OH excluding ortho intramolecular Hbond substituents is 2. The summed E-state index contributed by atoms with van der Waals surface area (Å²) in [5.74, 6) is -0.304. The number of carbonyl (C=O) groups excluding carboxylic acids is 1. The van der Waals surface area contributed by atoms with Crippen molar-refractivity contribution in [2.75, 3.05) is 0 Å². The topological polar surface area (TPSA) is 86.6 Å². The third-order valence-electron chi connectivity index (χ3n) is 6.78. The van der Waals surface area contributed by atoms with Gasteiger partial charge in [0.05, 0.1) is 0 Å². The van der Waals surface area contributed by atoms with Crippen LogP contribution in [0.5, 0.6) is 11.5 Å². The molecule has 0 radical (unpaired) electrons. The third-order valence-corrected chi connectivity index (χ3v) is 8.41. The number of fused-ring (bicyclic) bond motifs is 1. The van der Waals surface area contributed by atoms with E-state index in [1.807, 2.05) is 36.4 Å². The van der Waals surface area contributed by atoms with Crippen LogP contribution in [-0.2, 0) is 31.0 Å². The summed E-state index contributed by atoms with van der Waals surface area (Å²) >= 11 is 0.411. The van der Waals surface area contributed by atoms with Gasteiger partial charge in [0.15, 0.2) is 0 Å². The summed E-state index contributed by atoms with van der Waals surface area (Å²) in [4.78, 5) is 8.89. The van der Waals surface area contributed by atoms with Crippen molar-refractivity contribution in [2.45, 2.75) is 97.1 Å². The summed E-state index contributed by atoms with van der Waals surface area (Å²) in [6, 6.07) is 13.0. The van der Waals surface area contributed by atoms with Crippen molar-refractivity contribution in [3.05, 3.63) is 58.7 Å². The fraction of sp³-hybridized carbons (Fsp3) is 0.500. The van der Waals surface area contributed by atoms with Gasteiger partial charge < -0.3 is 9.90 Å². The molecule has 2 atom stereocenters. The van der Waals surface area contributed by atoms with Gasteiger partial charge in [0.1, 0.15) is 0 Å². The molecular formula is C30H41MnN2O4+. The van der Waals surface area contributed by atoms with Crippen LogP contribution < -0.4 is 5.11 Å². The maximum absolute atomic E-state index is 11.0. The molecule has 201 valence electrons. The first-order valence-corrected chi connectivity index (χ1v) is 14.0. The molecule has 2 aromatic rings. The molecule has 0 amide bonds. The van der Waals surface area contributed by atoms with Crippen LogP contribution >= 0.6 is 0 Å². The van der Waals surface area contributed by atoms with Gasteiger partial charge in [-0.25, -0.2) is 0 Å². The van der Waals surface area contributed by atoms with E-state index in [4.69, 9.17) is 9.90 Å². The van der Waals surface area contributed by atoms with Crippen LogP contribution in [0.3, 0.4) is 0 Å². The number of benzene rings is 2. The quantitative estimate of drug-likeness (QED) is 0.550. The summed E-state index contributed by atoms with van der Waals surface area (Å²) in [7, 11) is 0. The van der Waals surface area contributed by atoms with Crippen LogP contribution in [0.4, 0.5) is 0 Å². The Kier molecular flexibility index (Phi) is 8.92. The molecule has 0 bridgehead atoms. The molecule has 1 aliphatic heterocycles. The molecule has 1 aliphatic carbocycles. The number of rotatable bonds is 2. The Hall–Kier alpha value is -2.63. The van der Waals surface area contributed by atoms with E-state index in [0.29, 0.717) is 39.0 Å². The van der Waals surface area contributed by atoms with Crippen molar-refractivity contribution >= 4 is 18.4 Å². The fourth-order valence-corrected chi connectivity index (χ4v) is 6.76. The monoisotopic (exact) mass is 548 g/mol. The van der Waals surface area contributed by atoms with E-state index in [1.54, 1.807) is 0 Å². The minimum atomic E-state index is -1.08. The molecule has 1 saturated heterocycles. The second-order valence-electron chi connectivity index (χ2n) is 11.9. The number of aliphatic carboxylic acids is 1. The molecule has 1 heterocycles. The first-order valence-electron chi connectivity index (χ1n) is 12.9. The molecule has 0 aromatic heterocycles. The van der Waals surface area contributed by atoms with Gasteiger partial charge in [0, 0.05) is 5.97 Å². The summed E-state index contributed by atoms with van der Waals surface area (Å²) in [6.45, 7) is 13.8. The number of nitrogens with zero attached hydrogens (tertiary/aromatic N) is 2. The van der Waals surface area contributed by atoms with E-state index in [2.05, 4.69) is 61.2 Å². The number of hydrogen-bond donors (Lipinski definition) is 2. The maximum atomic E-state index is 11.0. The molecule has 7 heteroatoms. The number of aromatic hydroxyl groups is 2. The molecule has 0 spiro atoms. The molecule has 2 aliphatic rings. The van der Waals surface area contributed by atoms with Gasteiger partial charge in [-0.2, -0.15) is 0 Å². The van der Waals surface area contributed by atoms with Crippen molar-refractivity contribution in [2.24, 2.45) is 0 Å². The van der Waals surface area contributed by atoms with Gasteiger partial charge >= 0.3 is 206 Å². The van der Waals surface area contributed by atoms with Gasteiger partial charge in [-0.15, -0.1) is 0 Å². The number of carbonyl (C=O) groups is 1. The first kappa shape index (κ1) is 28.9. The Morgan fingerprint density at radius 3 is 1.51 bits per heavy atom. The zero-order valence-corrected chi connectivity index (χ0v) is 24.3. The van der Waals surface area contributed by atoms with Crippen LogP contribution in [0.15, 0.2) is 36.4 Å². The fourth-order valence-electron chi connectivity index (χ4n) is 4.92. The van der Waals surface area contributed by atoms with E-state index in [9.17, 15) is 10.2 Å². The molecular weight excluding hydrogens is 507 g/mol. The van der Waals surface area contributed by atoms with Crippen molar-refractivity contribution in [1.29, 1.82) is 0 Å². The number of carboxylic acids is 1. The zero-order valence-electron chi connectivity index (χ0n) is 23.1. The van der Waals surface area contributed by atoms with Crippen molar-refractivity contribution in [3.8, 4) is 11.5 Å². The van der Waals surface area contributed by atoms with Gasteiger partial charge in [-0.05, 0) is 6.92 Å². The number of hydrogen-bond acceptors (Lipinski definition) is 4. The first-order chi connectivity index (χ1) is 17.2. The van der Waals surface area contributed by atoms with E-state index >= 15 is 0 Å². The Balaban J connectivity index is 0.000000886. The molecule has 37 heavy (non-hydrogen) atoms. The van der Waals surface area contributed by atoms with Crippen molar-refractivity contribution < 1.29 is 42.7 Å². The Labute approximate surface area is 228 Å². The average molecular weight is 549 g/mol. The van der Waals surface area contributed by atoms with Crippen molar-refractivity contribution in [3.63, 3.8) is 0 Å². The Bertz CT molecular complexity index is 1110. The van der Waals surface area contributed by atoms with E-state index < -0.39 is 5.97 Å². The average Bonchev–Trinajstić information content (AvgIpc) is 3.12. The van der Waals surface area contributed by atoms with Gasteiger partial charge in [-0.3, -0.25) is 0 Å². The Morgan fingerprint density at radius 2 is 1.19 bits per heavy atom. The third kappa shape index (κ3) is 7.02. The minimum absolute atomic E-state index is 0.107. The molecule has 2 aromatic carbocycles. The van der Waals surface area contributed by atoms with Gasteiger partial charge in [0.2, 0.25) is 0 Å².